The Morgan fingerprint density at radius 2 is 2.05 bits per heavy atom. The molecule has 2 aromatic carbocycles. The van der Waals surface area contributed by atoms with Crippen LogP contribution < -0.4 is 5.32 Å². The summed E-state index contributed by atoms with van der Waals surface area (Å²) < 4.78 is 0. The van der Waals surface area contributed by atoms with E-state index < -0.39 is 0 Å². The molecule has 2 rings (SSSR count). The average Bonchev–Trinajstić information content (AvgIpc) is 2.55. The van der Waals surface area contributed by atoms with E-state index in [-0.39, 0.29) is 5.91 Å². The second-order valence-corrected chi connectivity index (χ2v) is 6.16. The normalized spacial score (nSPS) is 10.0. The van der Waals surface area contributed by atoms with Crippen LogP contribution in [-0.2, 0) is 11.3 Å². The molecule has 0 saturated carbocycles. The van der Waals surface area contributed by atoms with E-state index in [1.165, 1.54) is 0 Å². The molecule has 0 aliphatic rings. The Bertz CT molecular complexity index is 697. The summed E-state index contributed by atoms with van der Waals surface area (Å²) in [5, 5.41) is 12.4. The molecule has 0 radical (unpaired) electrons. The quantitative estimate of drug-likeness (QED) is 0.814. The lowest BCUT2D eigenvalue weighted by Gasteiger charge is -2.06. The molecule has 0 aliphatic heterocycles. The van der Waals surface area contributed by atoms with Crippen molar-refractivity contribution in [2.24, 2.45) is 0 Å². The molecule has 112 valence electrons. The molecular formula is C17H15ClN2OS. The molecule has 2 aromatic rings. The SMILES string of the molecule is N#Cc1cccc(CNC(=O)CCSc2ccccc2Cl)c1. The van der Waals surface area contributed by atoms with E-state index >= 15 is 0 Å². The van der Waals surface area contributed by atoms with Gasteiger partial charge in [0, 0.05) is 23.6 Å². The van der Waals surface area contributed by atoms with Crippen LogP contribution in [0.25, 0.3) is 0 Å². The Morgan fingerprint density at radius 3 is 2.82 bits per heavy atom. The molecule has 3 nitrogen and oxygen atoms in total. The number of amides is 1. The third-order valence-corrected chi connectivity index (χ3v) is 4.49. The number of nitrogens with one attached hydrogen (secondary N) is 1. The number of benzene rings is 2. The van der Waals surface area contributed by atoms with Gasteiger partial charge in [0.25, 0.3) is 0 Å². The van der Waals surface area contributed by atoms with Crippen molar-refractivity contribution in [1.29, 1.82) is 5.26 Å². The molecule has 0 unspecified atom stereocenters. The van der Waals surface area contributed by atoms with Gasteiger partial charge in [0.05, 0.1) is 16.7 Å². The van der Waals surface area contributed by atoms with Gasteiger partial charge in [0.1, 0.15) is 0 Å². The van der Waals surface area contributed by atoms with Crippen LogP contribution in [0.2, 0.25) is 5.02 Å². The van der Waals surface area contributed by atoms with Gasteiger partial charge in [-0.15, -0.1) is 11.8 Å². The van der Waals surface area contributed by atoms with Gasteiger partial charge in [-0.25, -0.2) is 0 Å². The Hall–Kier alpha value is -1.96. The number of nitriles is 1. The number of nitrogens with zero attached hydrogens (tertiary/aromatic N) is 1. The minimum absolute atomic E-state index is 0.0121. The highest BCUT2D eigenvalue weighted by Gasteiger charge is 2.04. The van der Waals surface area contributed by atoms with Crippen LogP contribution in [0.3, 0.4) is 0 Å². The topological polar surface area (TPSA) is 52.9 Å². The fraction of sp³-hybridized carbons (Fsp3) is 0.176. The molecule has 0 heterocycles. The van der Waals surface area contributed by atoms with Crippen molar-refractivity contribution in [2.75, 3.05) is 5.75 Å². The molecule has 0 saturated heterocycles. The zero-order valence-electron chi connectivity index (χ0n) is 11.9. The minimum atomic E-state index is -0.0121. The van der Waals surface area contributed by atoms with Crippen LogP contribution in [0.5, 0.6) is 0 Å². The molecule has 1 N–H and O–H groups in total. The van der Waals surface area contributed by atoms with Crippen LogP contribution in [0.1, 0.15) is 17.5 Å². The largest absolute Gasteiger partial charge is 0.352 e. The summed E-state index contributed by atoms with van der Waals surface area (Å²) in [5.41, 5.74) is 1.52. The van der Waals surface area contributed by atoms with E-state index in [0.717, 1.165) is 10.5 Å². The van der Waals surface area contributed by atoms with Gasteiger partial charge >= 0.3 is 0 Å². The molecule has 5 heteroatoms. The molecule has 0 spiro atoms. The fourth-order valence-electron chi connectivity index (χ4n) is 1.86. The summed E-state index contributed by atoms with van der Waals surface area (Å²) >= 11 is 7.63. The first-order valence-electron chi connectivity index (χ1n) is 6.82. The predicted octanol–water partition coefficient (Wildman–Crippen LogP) is 4.01. The number of halogens is 1. The van der Waals surface area contributed by atoms with Crippen LogP contribution in [0.15, 0.2) is 53.4 Å². The zero-order chi connectivity index (χ0) is 15.8. The van der Waals surface area contributed by atoms with Crippen molar-refractivity contribution >= 4 is 29.3 Å². The van der Waals surface area contributed by atoms with Crippen molar-refractivity contribution in [3.8, 4) is 6.07 Å². The highest BCUT2D eigenvalue weighted by Crippen LogP contribution is 2.26. The Balaban J connectivity index is 1.74. The van der Waals surface area contributed by atoms with Crippen molar-refractivity contribution < 1.29 is 4.79 Å². The van der Waals surface area contributed by atoms with E-state index in [4.69, 9.17) is 16.9 Å². The monoisotopic (exact) mass is 330 g/mol. The van der Waals surface area contributed by atoms with Crippen LogP contribution in [-0.4, -0.2) is 11.7 Å². The zero-order valence-corrected chi connectivity index (χ0v) is 13.5. The Morgan fingerprint density at radius 1 is 1.23 bits per heavy atom. The Labute approximate surface area is 139 Å². The maximum absolute atomic E-state index is 11.8. The molecular weight excluding hydrogens is 316 g/mol. The van der Waals surface area contributed by atoms with Gasteiger partial charge < -0.3 is 5.32 Å². The van der Waals surface area contributed by atoms with Crippen molar-refractivity contribution in [1.82, 2.24) is 5.32 Å². The van der Waals surface area contributed by atoms with Crippen molar-refractivity contribution in [3.63, 3.8) is 0 Å². The summed E-state index contributed by atoms with van der Waals surface area (Å²) in [5.74, 6) is 0.662. The third-order valence-electron chi connectivity index (χ3n) is 2.97. The highest BCUT2D eigenvalue weighted by atomic mass is 35.5. The number of carbonyl (C=O) groups excluding carboxylic acids is 1. The first-order chi connectivity index (χ1) is 10.7. The van der Waals surface area contributed by atoms with Crippen LogP contribution in [0.4, 0.5) is 0 Å². The number of hydrogen-bond acceptors (Lipinski definition) is 3. The summed E-state index contributed by atoms with van der Waals surface area (Å²) in [6.45, 7) is 0.436. The Kier molecular flexibility index (Phi) is 6.32. The fourth-order valence-corrected chi connectivity index (χ4v) is 3.04. The smallest absolute Gasteiger partial charge is 0.221 e. The molecule has 0 aliphatic carbocycles. The highest BCUT2D eigenvalue weighted by molar-refractivity contribution is 7.99. The minimum Gasteiger partial charge on any atom is -0.352 e. The second-order valence-electron chi connectivity index (χ2n) is 4.62. The van der Waals surface area contributed by atoms with E-state index in [0.29, 0.717) is 29.3 Å². The third kappa shape index (κ3) is 5.10. The maximum Gasteiger partial charge on any atom is 0.221 e. The summed E-state index contributed by atoms with van der Waals surface area (Å²) in [4.78, 5) is 12.8. The van der Waals surface area contributed by atoms with E-state index in [1.807, 2.05) is 36.4 Å². The molecule has 0 fully saturated rings. The first-order valence-corrected chi connectivity index (χ1v) is 8.18. The summed E-state index contributed by atoms with van der Waals surface area (Å²) in [7, 11) is 0. The lowest BCUT2D eigenvalue weighted by atomic mass is 10.1. The van der Waals surface area contributed by atoms with Gasteiger partial charge in [0.15, 0.2) is 0 Å². The molecule has 22 heavy (non-hydrogen) atoms. The lowest BCUT2D eigenvalue weighted by molar-refractivity contribution is -0.120. The maximum atomic E-state index is 11.8. The second kappa shape index (κ2) is 8.47. The number of thioether (sulfide) groups is 1. The van der Waals surface area contributed by atoms with E-state index in [2.05, 4.69) is 11.4 Å². The van der Waals surface area contributed by atoms with Crippen LogP contribution >= 0.6 is 23.4 Å². The van der Waals surface area contributed by atoms with Gasteiger partial charge in [-0.2, -0.15) is 5.26 Å². The number of hydrogen-bond donors (Lipinski definition) is 1. The number of rotatable bonds is 6. The average molecular weight is 331 g/mol. The standard InChI is InChI=1S/C17H15ClN2OS/c18-15-6-1-2-7-16(15)22-9-8-17(21)20-12-14-5-3-4-13(10-14)11-19/h1-7,10H,8-9,12H2,(H,20,21). The van der Waals surface area contributed by atoms with Gasteiger partial charge in [-0.1, -0.05) is 35.9 Å². The number of carbonyl (C=O) groups is 1. The summed E-state index contributed by atoms with van der Waals surface area (Å²) in [6, 6.07) is 16.9. The van der Waals surface area contributed by atoms with E-state index in [1.54, 1.807) is 23.9 Å². The van der Waals surface area contributed by atoms with Crippen molar-refractivity contribution in [2.45, 2.75) is 17.9 Å². The van der Waals surface area contributed by atoms with Crippen LogP contribution in [0, 0.1) is 11.3 Å². The lowest BCUT2D eigenvalue weighted by Crippen LogP contribution is -2.23. The summed E-state index contributed by atoms with van der Waals surface area (Å²) in [6.07, 6.45) is 0.424. The predicted molar refractivity (Wildman–Crippen MR) is 89.8 cm³/mol. The van der Waals surface area contributed by atoms with Gasteiger partial charge in [-0.05, 0) is 29.8 Å². The molecule has 1 amide bonds. The van der Waals surface area contributed by atoms with Crippen molar-refractivity contribution in [3.05, 3.63) is 64.7 Å². The van der Waals surface area contributed by atoms with E-state index in [9.17, 15) is 4.79 Å². The first kappa shape index (κ1) is 16.4. The van der Waals surface area contributed by atoms with Gasteiger partial charge in [-0.3, -0.25) is 4.79 Å². The van der Waals surface area contributed by atoms with Gasteiger partial charge in [0.2, 0.25) is 5.91 Å². The molecule has 0 atom stereocenters. The molecule has 0 bridgehead atoms. The molecule has 0 aromatic heterocycles.